The lowest BCUT2D eigenvalue weighted by atomic mass is 10.3. The molecule has 5 heteroatoms. The van der Waals surface area contributed by atoms with Gasteiger partial charge in [-0.05, 0) is 6.07 Å². The van der Waals surface area contributed by atoms with E-state index in [9.17, 15) is 4.79 Å². The van der Waals surface area contributed by atoms with Crippen molar-refractivity contribution >= 4 is 11.7 Å². The monoisotopic (exact) mass is 170 g/mol. The van der Waals surface area contributed by atoms with Crippen LogP contribution < -0.4 is 11.1 Å². The summed E-state index contributed by atoms with van der Waals surface area (Å²) in [5.41, 5.74) is 5.83. The van der Waals surface area contributed by atoms with Gasteiger partial charge in [0, 0.05) is 6.54 Å². The Balaban J connectivity index is 2.54. The number of aliphatic carboxylic acids is 1. The van der Waals surface area contributed by atoms with Gasteiger partial charge in [0.25, 0.3) is 0 Å². The van der Waals surface area contributed by atoms with Gasteiger partial charge in [-0.2, -0.15) is 0 Å². The summed E-state index contributed by atoms with van der Waals surface area (Å²) >= 11 is 0. The van der Waals surface area contributed by atoms with Gasteiger partial charge in [0.1, 0.15) is 12.3 Å². The van der Waals surface area contributed by atoms with E-state index in [-0.39, 0.29) is 6.54 Å². The van der Waals surface area contributed by atoms with Crippen LogP contribution in [0.15, 0.2) is 23.0 Å². The van der Waals surface area contributed by atoms with E-state index in [1.54, 1.807) is 6.07 Å². The number of hydrogen-bond acceptors (Lipinski definition) is 4. The summed E-state index contributed by atoms with van der Waals surface area (Å²) in [4.78, 5) is 10.5. The van der Waals surface area contributed by atoms with Crippen LogP contribution >= 0.6 is 0 Å². The van der Waals surface area contributed by atoms with Crippen molar-refractivity contribution in [1.29, 1.82) is 0 Å². The highest BCUT2D eigenvalue weighted by atomic mass is 16.4. The van der Waals surface area contributed by atoms with Crippen molar-refractivity contribution in [2.75, 3.05) is 11.9 Å². The van der Waals surface area contributed by atoms with Crippen molar-refractivity contribution in [1.82, 2.24) is 0 Å². The summed E-state index contributed by atoms with van der Waals surface area (Å²) in [6, 6.07) is 0.869. The van der Waals surface area contributed by atoms with E-state index < -0.39 is 12.0 Å². The first-order valence-corrected chi connectivity index (χ1v) is 3.45. The van der Waals surface area contributed by atoms with Crippen molar-refractivity contribution < 1.29 is 14.3 Å². The molecule has 0 saturated carbocycles. The molecule has 0 radical (unpaired) electrons. The molecule has 1 atom stereocenters. The number of nitrogens with two attached hydrogens (primary N) is 1. The molecule has 0 aliphatic carbocycles. The molecule has 0 bridgehead atoms. The Bertz CT molecular complexity index is 245. The van der Waals surface area contributed by atoms with Crippen LogP contribution in [0.25, 0.3) is 0 Å². The fraction of sp³-hybridized carbons (Fsp3) is 0.286. The maximum Gasteiger partial charge on any atom is 0.327 e. The second-order valence-corrected chi connectivity index (χ2v) is 2.28. The summed E-state index contributed by atoms with van der Waals surface area (Å²) < 4.78 is 4.74. The van der Waals surface area contributed by atoms with Crippen LogP contribution in [0.5, 0.6) is 0 Å². The quantitative estimate of drug-likeness (QED) is 0.596. The van der Waals surface area contributed by atoms with Gasteiger partial charge < -0.3 is 20.6 Å². The molecule has 0 unspecified atom stereocenters. The minimum Gasteiger partial charge on any atom is -0.480 e. The van der Waals surface area contributed by atoms with E-state index in [4.69, 9.17) is 15.3 Å². The zero-order valence-corrected chi connectivity index (χ0v) is 6.36. The van der Waals surface area contributed by atoms with Crippen LogP contribution in [0.2, 0.25) is 0 Å². The van der Waals surface area contributed by atoms with Gasteiger partial charge in [0.15, 0.2) is 0 Å². The van der Waals surface area contributed by atoms with E-state index in [1.807, 2.05) is 0 Å². The molecule has 0 saturated heterocycles. The third-order valence-electron chi connectivity index (χ3n) is 1.40. The summed E-state index contributed by atoms with van der Waals surface area (Å²) in [5, 5.41) is 11.3. The van der Waals surface area contributed by atoms with Gasteiger partial charge in [-0.1, -0.05) is 0 Å². The van der Waals surface area contributed by atoms with Crippen LogP contribution in [-0.2, 0) is 4.79 Å². The molecule has 1 aromatic rings. The highest BCUT2D eigenvalue weighted by Crippen LogP contribution is 2.07. The maximum absolute atomic E-state index is 10.5. The Hall–Kier alpha value is -1.49. The fourth-order valence-electron chi connectivity index (χ4n) is 0.769. The van der Waals surface area contributed by atoms with Gasteiger partial charge in [-0.25, -0.2) is 4.79 Å². The van der Waals surface area contributed by atoms with Crippen LogP contribution in [-0.4, -0.2) is 23.7 Å². The first-order valence-electron chi connectivity index (χ1n) is 3.45. The van der Waals surface area contributed by atoms with Crippen LogP contribution in [0.3, 0.4) is 0 Å². The first-order chi connectivity index (χ1) is 5.74. The van der Waals surface area contributed by atoms with E-state index in [2.05, 4.69) is 5.32 Å². The average Bonchev–Trinajstić information content (AvgIpc) is 2.51. The first kappa shape index (κ1) is 8.61. The largest absolute Gasteiger partial charge is 0.480 e. The molecule has 0 amide bonds. The third-order valence-corrected chi connectivity index (χ3v) is 1.40. The number of nitrogens with one attached hydrogen (secondary N) is 1. The molecule has 5 nitrogen and oxygen atoms in total. The fourth-order valence-corrected chi connectivity index (χ4v) is 0.769. The number of carboxylic acid groups (broad SMARTS) is 1. The molecule has 0 spiro atoms. The van der Waals surface area contributed by atoms with E-state index in [1.165, 1.54) is 12.5 Å². The Morgan fingerprint density at radius 1 is 1.83 bits per heavy atom. The summed E-state index contributed by atoms with van der Waals surface area (Å²) in [7, 11) is 0. The van der Waals surface area contributed by atoms with Crippen LogP contribution in [0.1, 0.15) is 0 Å². The molecular weight excluding hydrogens is 160 g/mol. The standard InChI is InChI=1S/C7H10N2O3/c8-3-6(7(10)11)9-5-1-2-12-4-5/h1-2,4,6,9H,3,8H2,(H,10,11)/t6-/m0/s1. The Morgan fingerprint density at radius 3 is 3.00 bits per heavy atom. The molecule has 1 rings (SSSR count). The maximum atomic E-state index is 10.5. The minimum atomic E-state index is -0.973. The predicted octanol–water partition coefficient (Wildman–Crippen LogP) is 0.103. The number of hydrogen-bond donors (Lipinski definition) is 3. The Labute approximate surface area is 69.2 Å². The molecule has 12 heavy (non-hydrogen) atoms. The summed E-state index contributed by atoms with van der Waals surface area (Å²) in [6.07, 6.45) is 2.88. The molecule has 0 aliphatic heterocycles. The molecule has 0 fully saturated rings. The van der Waals surface area contributed by atoms with Crippen LogP contribution in [0, 0.1) is 0 Å². The number of rotatable bonds is 4. The Kier molecular flexibility index (Phi) is 2.71. The lowest BCUT2D eigenvalue weighted by Gasteiger charge is -2.10. The van der Waals surface area contributed by atoms with E-state index in [0.717, 1.165) is 0 Å². The SMILES string of the molecule is NC[C@H](Nc1ccoc1)C(=O)O. The lowest BCUT2D eigenvalue weighted by Crippen LogP contribution is -2.36. The van der Waals surface area contributed by atoms with Gasteiger partial charge >= 0.3 is 5.97 Å². The second kappa shape index (κ2) is 3.77. The number of carbonyl (C=O) groups is 1. The van der Waals surface area contributed by atoms with Crippen molar-refractivity contribution in [3.63, 3.8) is 0 Å². The van der Waals surface area contributed by atoms with Gasteiger partial charge in [0.2, 0.25) is 0 Å². The van der Waals surface area contributed by atoms with Gasteiger partial charge in [-0.15, -0.1) is 0 Å². The predicted molar refractivity (Wildman–Crippen MR) is 42.8 cm³/mol. The molecular formula is C7H10N2O3. The van der Waals surface area contributed by atoms with Crippen LogP contribution in [0.4, 0.5) is 5.69 Å². The lowest BCUT2D eigenvalue weighted by molar-refractivity contribution is -0.137. The van der Waals surface area contributed by atoms with E-state index >= 15 is 0 Å². The summed E-state index contributed by atoms with van der Waals surface area (Å²) in [6.45, 7) is 0.0422. The molecule has 4 N–H and O–H groups in total. The average molecular weight is 170 g/mol. The van der Waals surface area contributed by atoms with Crippen molar-refractivity contribution in [3.05, 3.63) is 18.6 Å². The number of furan rings is 1. The highest BCUT2D eigenvalue weighted by Gasteiger charge is 2.14. The second-order valence-electron chi connectivity index (χ2n) is 2.28. The minimum absolute atomic E-state index is 0.0422. The number of anilines is 1. The van der Waals surface area contributed by atoms with Crippen molar-refractivity contribution in [2.45, 2.75) is 6.04 Å². The number of carboxylic acids is 1. The molecule has 1 heterocycles. The topological polar surface area (TPSA) is 88.5 Å². The molecule has 1 aromatic heterocycles. The zero-order chi connectivity index (χ0) is 8.97. The molecule has 66 valence electrons. The van der Waals surface area contributed by atoms with Gasteiger partial charge in [0.05, 0.1) is 12.0 Å². The molecule has 0 aliphatic rings. The van der Waals surface area contributed by atoms with Gasteiger partial charge in [-0.3, -0.25) is 0 Å². The normalized spacial score (nSPS) is 12.4. The zero-order valence-electron chi connectivity index (χ0n) is 6.36. The Morgan fingerprint density at radius 2 is 2.58 bits per heavy atom. The smallest absolute Gasteiger partial charge is 0.327 e. The van der Waals surface area contributed by atoms with Crippen molar-refractivity contribution in [3.8, 4) is 0 Å². The molecule has 0 aromatic carbocycles. The summed E-state index contributed by atoms with van der Waals surface area (Å²) in [5.74, 6) is -0.973. The highest BCUT2D eigenvalue weighted by molar-refractivity contribution is 5.77. The van der Waals surface area contributed by atoms with E-state index in [0.29, 0.717) is 5.69 Å². The van der Waals surface area contributed by atoms with Crippen molar-refractivity contribution in [2.24, 2.45) is 5.73 Å². The third kappa shape index (κ3) is 2.00.